The Morgan fingerprint density at radius 3 is 2.60 bits per heavy atom. The fourth-order valence-corrected chi connectivity index (χ4v) is 2.76. The molecule has 0 spiro atoms. The first kappa shape index (κ1) is 13.1. The lowest BCUT2D eigenvalue weighted by Crippen LogP contribution is -2.29. The van der Waals surface area contributed by atoms with Crippen LogP contribution in [0.15, 0.2) is 54.6 Å². The molecule has 2 aromatic carbocycles. The lowest BCUT2D eigenvalue weighted by Gasteiger charge is -2.26. The van der Waals surface area contributed by atoms with Crippen LogP contribution < -0.4 is 10.2 Å². The zero-order chi connectivity index (χ0) is 13.9. The van der Waals surface area contributed by atoms with Crippen LogP contribution in [0.5, 0.6) is 0 Å². The van der Waals surface area contributed by atoms with Crippen molar-refractivity contribution in [1.82, 2.24) is 0 Å². The maximum absolute atomic E-state index is 5.47. The predicted molar refractivity (Wildman–Crippen MR) is 89.3 cm³/mol. The molecular weight excluding hydrogens is 264 g/mol. The summed E-state index contributed by atoms with van der Waals surface area (Å²) >= 11 is 5.47. The van der Waals surface area contributed by atoms with Gasteiger partial charge >= 0.3 is 0 Å². The van der Waals surface area contributed by atoms with Gasteiger partial charge in [0.15, 0.2) is 0 Å². The number of nitrogens with zero attached hydrogens (tertiary/aromatic N) is 1. The first-order valence-electron chi connectivity index (χ1n) is 6.93. The lowest BCUT2D eigenvalue weighted by atomic mass is 10.1. The Morgan fingerprint density at radius 1 is 1.10 bits per heavy atom. The van der Waals surface area contributed by atoms with E-state index >= 15 is 0 Å². The van der Waals surface area contributed by atoms with Crippen LogP contribution in [-0.2, 0) is 6.54 Å². The summed E-state index contributed by atoms with van der Waals surface area (Å²) in [5, 5.41) is 3.38. The number of rotatable bonds is 2. The molecule has 1 aliphatic rings. The molecule has 0 saturated heterocycles. The van der Waals surface area contributed by atoms with Crippen molar-refractivity contribution < 1.29 is 0 Å². The first-order valence-corrected chi connectivity index (χ1v) is 7.33. The summed E-state index contributed by atoms with van der Waals surface area (Å²) in [4.78, 5) is 3.33. The Kier molecular flexibility index (Phi) is 3.70. The Hall–Kier alpha value is -1.87. The minimum atomic E-state index is 0.348. The molecule has 0 aromatic heterocycles. The summed E-state index contributed by atoms with van der Waals surface area (Å²) in [7, 11) is 0. The minimum Gasteiger partial charge on any atom is -0.365 e. The van der Waals surface area contributed by atoms with Crippen LogP contribution in [0.1, 0.15) is 12.5 Å². The molecule has 1 N–H and O–H groups in total. The molecule has 3 rings (SSSR count). The van der Waals surface area contributed by atoms with E-state index in [1.807, 2.05) is 6.07 Å². The van der Waals surface area contributed by atoms with E-state index in [0.717, 1.165) is 23.8 Å². The fourth-order valence-electron chi connectivity index (χ4n) is 2.58. The summed E-state index contributed by atoms with van der Waals surface area (Å²) in [6.07, 6.45) is 0. The second-order valence-corrected chi connectivity index (χ2v) is 5.71. The van der Waals surface area contributed by atoms with E-state index in [0.29, 0.717) is 5.92 Å². The molecule has 0 fully saturated rings. The molecule has 1 atom stereocenters. The van der Waals surface area contributed by atoms with Crippen LogP contribution in [-0.4, -0.2) is 11.5 Å². The van der Waals surface area contributed by atoms with E-state index in [4.69, 9.17) is 12.2 Å². The molecule has 0 radical (unpaired) electrons. The van der Waals surface area contributed by atoms with Gasteiger partial charge in [0.1, 0.15) is 0 Å². The van der Waals surface area contributed by atoms with Gasteiger partial charge in [0.2, 0.25) is 0 Å². The van der Waals surface area contributed by atoms with Gasteiger partial charge in [-0.25, -0.2) is 0 Å². The maximum Gasteiger partial charge on any atom is 0.0844 e. The molecule has 0 bridgehead atoms. The van der Waals surface area contributed by atoms with Gasteiger partial charge in [-0.05, 0) is 17.7 Å². The minimum absolute atomic E-state index is 0.348. The quantitative estimate of drug-likeness (QED) is 0.835. The number of hydrogen-bond donors (Lipinski definition) is 1. The van der Waals surface area contributed by atoms with E-state index in [2.05, 4.69) is 65.7 Å². The molecule has 1 aliphatic heterocycles. The zero-order valence-corrected chi connectivity index (χ0v) is 12.4. The summed E-state index contributed by atoms with van der Waals surface area (Å²) in [5.74, 6) is 0.348. The number of hydrogen-bond acceptors (Lipinski definition) is 2. The molecule has 3 heteroatoms. The highest BCUT2D eigenvalue weighted by molar-refractivity contribution is 7.80. The third-order valence-corrected chi connectivity index (χ3v) is 4.17. The summed E-state index contributed by atoms with van der Waals surface area (Å²) in [6.45, 7) is 4.03. The standard InChI is InChI=1S/C17H18N2S/c1-13-11-19(12-14-7-3-2-4-8-14)16-10-6-5-9-15(16)18-17(13)20/h2-10,13H,11-12H2,1H3,(H,18,20)/t13-/m0/s1. The molecule has 1 heterocycles. The Bertz CT molecular complexity index is 609. The number of benzene rings is 2. The third-order valence-electron chi connectivity index (χ3n) is 3.66. The summed E-state index contributed by atoms with van der Waals surface area (Å²) < 4.78 is 0. The van der Waals surface area contributed by atoms with Crippen molar-refractivity contribution in [2.45, 2.75) is 13.5 Å². The number of thiocarbonyl (C=S) groups is 1. The van der Waals surface area contributed by atoms with Crippen molar-refractivity contribution in [2.75, 3.05) is 16.8 Å². The van der Waals surface area contributed by atoms with Gasteiger partial charge in [-0.3, -0.25) is 0 Å². The largest absolute Gasteiger partial charge is 0.365 e. The predicted octanol–water partition coefficient (Wildman–Crippen LogP) is 4.08. The van der Waals surface area contributed by atoms with E-state index in [1.165, 1.54) is 11.3 Å². The highest BCUT2D eigenvalue weighted by Crippen LogP contribution is 2.31. The highest BCUT2D eigenvalue weighted by atomic mass is 32.1. The molecule has 0 amide bonds. The Morgan fingerprint density at radius 2 is 1.80 bits per heavy atom. The second-order valence-electron chi connectivity index (χ2n) is 5.27. The Labute approximate surface area is 125 Å². The number of para-hydroxylation sites is 2. The molecule has 0 saturated carbocycles. The van der Waals surface area contributed by atoms with Crippen LogP contribution >= 0.6 is 12.2 Å². The van der Waals surface area contributed by atoms with Crippen LogP contribution in [0.4, 0.5) is 11.4 Å². The molecule has 102 valence electrons. The Balaban J connectivity index is 1.94. The second kappa shape index (κ2) is 5.63. The van der Waals surface area contributed by atoms with Crippen molar-refractivity contribution in [1.29, 1.82) is 0 Å². The average molecular weight is 282 g/mol. The van der Waals surface area contributed by atoms with Gasteiger partial charge in [-0.1, -0.05) is 61.6 Å². The number of nitrogens with one attached hydrogen (secondary N) is 1. The SMILES string of the molecule is C[C@H]1CN(Cc2ccccc2)c2ccccc2NC1=S. The van der Waals surface area contributed by atoms with Crippen molar-refractivity contribution >= 4 is 28.6 Å². The molecule has 0 aliphatic carbocycles. The van der Waals surface area contributed by atoms with Crippen LogP contribution in [0.3, 0.4) is 0 Å². The fraction of sp³-hybridized carbons (Fsp3) is 0.235. The monoisotopic (exact) mass is 282 g/mol. The van der Waals surface area contributed by atoms with Crippen molar-refractivity contribution in [3.63, 3.8) is 0 Å². The molecule has 2 aromatic rings. The lowest BCUT2D eigenvalue weighted by molar-refractivity contribution is 0.701. The number of anilines is 2. The van der Waals surface area contributed by atoms with Gasteiger partial charge in [0, 0.05) is 19.0 Å². The van der Waals surface area contributed by atoms with Crippen LogP contribution in [0.2, 0.25) is 0 Å². The van der Waals surface area contributed by atoms with E-state index in [-0.39, 0.29) is 0 Å². The van der Waals surface area contributed by atoms with Crippen molar-refractivity contribution in [2.24, 2.45) is 5.92 Å². The van der Waals surface area contributed by atoms with Crippen molar-refractivity contribution in [3.05, 3.63) is 60.2 Å². The van der Waals surface area contributed by atoms with Crippen LogP contribution in [0, 0.1) is 5.92 Å². The van der Waals surface area contributed by atoms with Gasteiger partial charge in [0.05, 0.1) is 16.4 Å². The zero-order valence-electron chi connectivity index (χ0n) is 11.5. The summed E-state index contributed by atoms with van der Waals surface area (Å²) in [6, 6.07) is 19.0. The van der Waals surface area contributed by atoms with Gasteiger partial charge in [0.25, 0.3) is 0 Å². The topological polar surface area (TPSA) is 15.3 Å². The molecule has 20 heavy (non-hydrogen) atoms. The van der Waals surface area contributed by atoms with Crippen molar-refractivity contribution in [3.8, 4) is 0 Å². The van der Waals surface area contributed by atoms with E-state index < -0.39 is 0 Å². The van der Waals surface area contributed by atoms with Gasteiger partial charge in [-0.15, -0.1) is 0 Å². The van der Waals surface area contributed by atoms with E-state index in [9.17, 15) is 0 Å². The van der Waals surface area contributed by atoms with Gasteiger partial charge in [-0.2, -0.15) is 0 Å². The normalized spacial score (nSPS) is 18.1. The molecule has 2 nitrogen and oxygen atoms in total. The average Bonchev–Trinajstić information content (AvgIpc) is 2.58. The van der Waals surface area contributed by atoms with Gasteiger partial charge < -0.3 is 10.2 Å². The molecule has 0 unspecified atom stereocenters. The van der Waals surface area contributed by atoms with E-state index in [1.54, 1.807) is 0 Å². The van der Waals surface area contributed by atoms with Crippen LogP contribution in [0.25, 0.3) is 0 Å². The molecular formula is C17H18N2S. The maximum atomic E-state index is 5.47. The third kappa shape index (κ3) is 2.68. The summed E-state index contributed by atoms with van der Waals surface area (Å²) in [5.41, 5.74) is 3.66. The first-order chi connectivity index (χ1) is 9.74. The number of fused-ring (bicyclic) bond motifs is 1. The highest BCUT2D eigenvalue weighted by Gasteiger charge is 2.22. The smallest absolute Gasteiger partial charge is 0.0844 e.